The molecule has 1 N–H and O–H groups in total. The van der Waals surface area contributed by atoms with Gasteiger partial charge in [0, 0.05) is 24.3 Å². The SMILES string of the molecule is N#Cc1cc(F)ccc1C1(O)CC2COCC(C1)N2C(=O)OCC1c2ccccc2-c2ccccc21. The molecule has 0 aromatic heterocycles. The van der Waals surface area contributed by atoms with E-state index in [1.807, 2.05) is 30.3 Å². The van der Waals surface area contributed by atoms with E-state index < -0.39 is 29.6 Å². The maximum Gasteiger partial charge on any atom is 0.410 e. The zero-order chi connectivity index (χ0) is 24.9. The van der Waals surface area contributed by atoms with Crippen molar-refractivity contribution in [2.45, 2.75) is 36.4 Å². The third-order valence-electron chi connectivity index (χ3n) is 7.70. The van der Waals surface area contributed by atoms with Crippen molar-refractivity contribution < 1.29 is 23.8 Å². The number of fused-ring (bicyclic) bond motifs is 5. The van der Waals surface area contributed by atoms with Crippen LogP contribution >= 0.6 is 0 Å². The van der Waals surface area contributed by atoms with Gasteiger partial charge in [0.1, 0.15) is 12.4 Å². The van der Waals surface area contributed by atoms with Crippen LogP contribution in [0.3, 0.4) is 0 Å². The number of ether oxygens (including phenoxy) is 2. The standard InChI is InChI=1S/C29H25FN2O4/c30-19-9-10-27(18(11-19)14-31)29(34)12-20-15-35-16-21(13-29)32(20)28(33)36-17-26-24-7-3-1-5-22(24)23-6-2-4-8-25(23)26/h1-11,20-21,26,34H,12-13,15-17H2. The predicted octanol–water partition coefficient (Wildman–Crippen LogP) is 4.70. The van der Waals surface area contributed by atoms with Crippen LogP contribution in [0.25, 0.3) is 11.1 Å². The summed E-state index contributed by atoms with van der Waals surface area (Å²) in [7, 11) is 0. The van der Waals surface area contributed by atoms with Crippen molar-refractivity contribution in [1.29, 1.82) is 5.26 Å². The molecular formula is C29H25FN2O4. The number of halogens is 1. The van der Waals surface area contributed by atoms with E-state index in [4.69, 9.17) is 9.47 Å². The fourth-order valence-corrected chi connectivity index (χ4v) is 6.18. The normalized spacial score (nSPS) is 24.5. The first-order chi connectivity index (χ1) is 17.5. The second kappa shape index (κ2) is 8.74. The molecule has 2 aliphatic heterocycles. The summed E-state index contributed by atoms with van der Waals surface area (Å²) in [5.74, 6) is -0.574. The number of piperidine rings is 1. The zero-order valence-electron chi connectivity index (χ0n) is 19.6. The van der Waals surface area contributed by atoms with Crippen LogP contribution < -0.4 is 0 Å². The van der Waals surface area contributed by atoms with Crippen LogP contribution in [0.2, 0.25) is 0 Å². The highest BCUT2D eigenvalue weighted by molar-refractivity contribution is 5.79. The Bertz CT molecular complexity index is 1320. The van der Waals surface area contributed by atoms with Gasteiger partial charge in [-0.15, -0.1) is 0 Å². The van der Waals surface area contributed by atoms with Crippen LogP contribution in [0.15, 0.2) is 66.7 Å². The maximum atomic E-state index is 13.7. The summed E-state index contributed by atoms with van der Waals surface area (Å²) >= 11 is 0. The second-order valence-electron chi connectivity index (χ2n) is 9.80. The lowest BCUT2D eigenvalue weighted by molar-refractivity contribution is -0.136. The molecule has 2 heterocycles. The fraction of sp³-hybridized carbons (Fsp3) is 0.310. The first-order valence-corrected chi connectivity index (χ1v) is 12.1. The quantitative estimate of drug-likeness (QED) is 0.583. The Labute approximate surface area is 208 Å². The Balaban J connectivity index is 1.22. The number of carbonyl (C=O) groups excluding carboxylic acids is 1. The minimum Gasteiger partial charge on any atom is -0.448 e. The van der Waals surface area contributed by atoms with Crippen LogP contribution in [0.5, 0.6) is 0 Å². The maximum absolute atomic E-state index is 13.7. The summed E-state index contributed by atoms with van der Waals surface area (Å²) in [5, 5.41) is 21.1. The summed E-state index contributed by atoms with van der Waals surface area (Å²) in [5.41, 5.74) is 3.73. The summed E-state index contributed by atoms with van der Waals surface area (Å²) in [6.07, 6.45) is -0.0843. The zero-order valence-corrected chi connectivity index (χ0v) is 19.6. The van der Waals surface area contributed by atoms with Crippen LogP contribution in [0.1, 0.15) is 41.0 Å². The van der Waals surface area contributed by atoms with Gasteiger partial charge in [-0.05, 0) is 34.4 Å². The molecule has 2 bridgehead atoms. The Morgan fingerprint density at radius 2 is 1.67 bits per heavy atom. The van der Waals surface area contributed by atoms with Crippen molar-refractivity contribution in [3.63, 3.8) is 0 Å². The number of benzene rings is 3. The Morgan fingerprint density at radius 3 is 2.28 bits per heavy atom. The molecule has 2 unspecified atom stereocenters. The van der Waals surface area contributed by atoms with Gasteiger partial charge < -0.3 is 14.6 Å². The van der Waals surface area contributed by atoms with E-state index in [9.17, 15) is 19.6 Å². The highest BCUT2D eigenvalue weighted by atomic mass is 19.1. The molecule has 182 valence electrons. The number of carbonyl (C=O) groups is 1. The molecule has 6 rings (SSSR count). The number of morpholine rings is 1. The minimum absolute atomic E-state index is 0.0448. The van der Waals surface area contributed by atoms with Gasteiger partial charge in [0.05, 0.1) is 42.5 Å². The van der Waals surface area contributed by atoms with Gasteiger partial charge in [0.15, 0.2) is 0 Å². The number of hydrogen-bond donors (Lipinski definition) is 1. The Morgan fingerprint density at radius 1 is 1.06 bits per heavy atom. The van der Waals surface area contributed by atoms with Gasteiger partial charge in [-0.2, -0.15) is 5.26 Å². The third kappa shape index (κ3) is 3.65. The largest absolute Gasteiger partial charge is 0.448 e. The molecule has 0 radical (unpaired) electrons. The number of amides is 1. The first kappa shape index (κ1) is 22.7. The van der Waals surface area contributed by atoms with E-state index in [-0.39, 0.29) is 44.1 Å². The van der Waals surface area contributed by atoms with Gasteiger partial charge in [-0.1, -0.05) is 54.6 Å². The van der Waals surface area contributed by atoms with E-state index in [0.29, 0.717) is 5.56 Å². The molecule has 3 aliphatic rings. The first-order valence-electron chi connectivity index (χ1n) is 12.1. The molecule has 2 saturated heterocycles. The number of hydrogen-bond acceptors (Lipinski definition) is 5. The topological polar surface area (TPSA) is 82.8 Å². The molecule has 6 nitrogen and oxygen atoms in total. The van der Waals surface area contributed by atoms with Crippen LogP contribution in [-0.4, -0.2) is 48.0 Å². The molecule has 0 spiro atoms. The molecule has 36 heavy (non-hydrogen) atoms. The highest BCUT2D eigenvalue weighted by Crippen LogP contribution is 2.45. The molecule has 0 saturated carbocycles. The predicted molar refractivity (Wildman–Crippen MR) is 130 cm³/mol. The molecule has 3 aromatic rings. The van der Waals surface area contributed by atoms with Crippen molar-refractivity contribution in [3.8, 4) is 17.2 Å². The minimum atomic E-state index is -1.36. The second-order valence-corrected chi connectivity index (χ2v) is 9.80. The van der Waals surface area contributed by atoms with E-state index >= 15 is 0 Å². The number of aliphatic hydroxyl groups is 1. The average molecular weight is 485 g/mol. The molecule has 3 aromatic carbocycles. The van der Waals surface area contributed by atoms with Crippen LogP contribution in [0.4, 0.5) is 9.18 Å². The van der Waals surface area contributed by atoms with Crippen molar-refractivity contribution >= 4 is 6.09 Å². The molecule has 1 aliphatic carbocycles. The van der Waals surface area contributed by atoms with Gasteiger partial charge in [-0.3, -0.25) is 4.90 Å². The van der Waals surface area contributed by atoms with Crippen molar-refractivity contribution in [3.05, 3.63) is 94.8 Å². The Kier molecular flexibility index (Phi) is 5.51. The lowest BCUT2D eigenvalue weighted by atomic mass is 9.75. The number of nitriles is 1. The van der Waals surface area contributed by atoms with Gasteiger partial charge >= 0.3 is 6.09 Å². The van der Waals surface area contributed by atoms with E-state index in [1.54, 1.807) is 4.90 Å². The monoisotopic (exact) mass is 484 g/mol. The number of nitrogens with zero attached hydrogens (tertiary/aromatic N) is 2. The summed E-state index contributed by atoms with van der Waals surface area (Å²) < 4.78 is 25.3. The van der Waals surface area contributed by atoms with Gasteiger partial charge in [0.25, 0.3) is 0 Å². The van der Waals surface area contributed by atoms with Gasteiger partial charge in [0.2, 0.25) is 0 Å². The Hall–Kier alpha value is -3.73. The molecule has 2 atom stereocenters. The highest BCUT2D eigenvalue weighted by Gasteiger charge is 2.50. The van der Waals surface area contributed by atoms with Gasteiger partial charge in [-0.25, -0.2) is 9.18 Å². The van der Waals surface area contributed by atoms with Crippen molar-refractivity contribution in [2.24, 2.45) is 0 Å². The smallest absolute Gasteiger partial charge is 0.410 e. The van der Waals surface area contributed by atoms with E-state index in [2.05, 4.69) is 24.3 Å². The summed E-state index contributed by atoms with van der Waals surface area (Å²) in [4.78, 5) is 15.1. The van der Waals surface area contributed by atoms with Crippen molar-refractivity contribution in [1.82, 2.24) is 4.90 Å². The summed E-state index contributed by atoms with van der Waals surface area (Å²) in [6.45, 7) is 0.725. The molecule has 2 fully saturated rings. The average Bonchev–Trinajstić information content (AvgIpc) is 3.20. The van der Waals surface area contributed by atoms with Crippen molar-refractivity contribution in [2.75, 3.05) is 19.8 Å². The molecular weight excluding hydrogens is 459 g/mol. The molecule has 1 amide bonds. The number of rotatable bonds is 3. The van der Waals surface area contributed by atoms with Crippen LogP contribution in [0, 0.1) is 17.1 Å². The van der Waals surface area contributed by atoms with Crippen LogP contribution in [-0.2, 0) is 15.1 Å². The third-order valence-corrected chi connectivity index (χ3v) is 7.70. The fourth-order valence-electron chi connectivity index (χ4n) is 6.18. The lowest BCUT2D eigenvalue weighted by Gasteiger charge is -2.51. The summed E-state index contributed by atoms with van der Waals surface area (Å²) in [6, 6.07) is 21.4. The van der Waals surface area contributed by atoms with E-state index in [1.165, 1.54) is 12.1 Å². The molecule has 7 heteroatoms. The lowest BCUT2D eigenvalue weighted by Crippen LogP contribution is -2.62. The van der Waals surface area contributed by atoms with E-state index in [0.717, 1.165) is 28.3 Å².